The molecular formula is C42H42Br2F4N8O8S2. The zero-order chi connectivity index (χ0) is 47.8. The van der Waals surface area contributed by atoms with Gasteiger partial charge in [-0.1, -0.05) is 13.8 Å². The highest BCUT2D eigenvalue weighted by Crippen LogP contribution is 2.32. The largest absolute Gasteiger partial charge is 0.502 e. The number of carbonyl (C=O) groups excluding carboxylic acids is 2. The Kier molecular flexibility index (Phi) is 16.7. The standard InChI is InChI=1S/C21H21BrF2N4O4S.C16H13BrF2N4O3S.C5H8O/c1-2-9-33(30,31)27-19-15(23)7-6-13(17(19)24)20(29)18-14-10-12(22)11-25-21(14)28(26-18)16-5-3-4-8-32-16;1-2-5-27(25,26)23-14-11(18)4-3-9(12(14)19)15(24)13-10-6-8(17)7-20-16(10)22-21-13;1-2-4-6-5-3-1/h6-7,10-11,16,27H,2-5,8-9H2,1H3;3-4,6-7,23H,2,5H2,1H3,(H,20,21,22);2,4H,1,3,5H2. The van der Waals surface area contributed by atoms with E-state index in [0.717, 1.165) is 43.7 Å². The molecule has 4 aromatic heterocycles. The first-order chi connectivity index (χ1) is 31.4. The van der Waals surface area contributed by atoms with E-state index >= 15 is 4.39 Å². The molecule has 3 N–H and O–H groups in total. The van der Waals surface area contributed by atoms with Crippen LogP contribution >= 0.6 is 31.9 Å². The molecule has 2 aromatic carbocycles. The zero-order valence-corrected chi connectivity index (χ0v) is 40.0. The number of hydrogen-bond donors (Lipinski definition) is 3. The summed E-state index contributed by atoms with van der Waals surface area (Å²) in [6.07, 6.45) is 11.8. The summed E-state index contributed by atoms with van der Waals surface area (Å²) in [5.74, 6) is -7.13. The van der Waals surface area contributed by atoms with Crippen LogP contribution in [0.15, 0.2) is 70.1 Å². The summed E-state index contributed by atoms with van der Waals surface area (Å²) in [5.41, 5.74) is -2.32. The van der Waals surface area contributed by atoms with Gasteiger partial charge < -0.3 is 9.47 Å². The lowest BCUT2D eigenvalue weighted by molar-refractivity contribution is -0.0371. The number of H-pyrrole nitrogens is 1. The minimum Gasteiger partial charge on any atom is -0.502 e. The van der Waals surface area contributed by atoms with Gasteiger partial charge in [0.2, 0.25) is 31.6 Å². The van der Waals surface area contributed by atoms with E-state index < -0.39 is 83.6 Å². The van der Waals surface area contributed by atoms with Gasteiger partial charge in [0.15, 0.2) is 29.2 Å². The first kappa shape index (κ1) is 50.1. The van der Waals surface area contributed by atoms with Gasteiger partial charge in [0.1, 0.15) is 34.4 Å². The number of sulfonamides is 2. The molecule has 2 aliphatic heterocycles. The number of fused-ring (bicyclic) bond motifs is 2. The maximum absolute atomic E-state index is 15.2. The van der Waals surface area contributed by atoms with Gasteiger partial charge in [0.05, 0.1) is 46.3 Å². The number of aromatic nitrogens is 6. The van der Waals surface area contributed by atoms with Gasteiger partial charge in [-0.2, -0.15) is 10.2 Å². The van der Waals surface area contributed by atoms with E-state index in [2.05, 4.69) is 57.1 Å². The maximum atomic E-state index is 15.2. The Morgan fingerprint density at radius 3 is 1.91 bits per heavy atom. The van der Waals surface area contributed by atoms with Crippen molar-refractivity contribution in [2.45, 2.75) is 65.0 Å². The van der Waals surface area contributed by atoms with Crippen molar-refractivity contribution in [3.05, 3.63) is 116 Å². The zero-order valence-electron chi connectivity index (χ0n) is 35.2. The highest BCUT2D eigenvalue weighted by atomic mass is 79.9. The van der Waals surface area contributed by atoms with Crippen LogP contribution in [0.25, 0.3) is 22.1 Å². The van der Waals surface area contributed by atoms with Crippen molar-refractivity contribution in [2.75, 3.05) is 34.2 Å². The van der Waals surface area contributed by atoms with Gasteiger partial charge in [-0.05, 0) is 119 Å². The van der Waals surface area contributed by atoms with E-state index in [4.69, 9.17) is 9.47 Å². The van der Waals surface area contributed by atoms with Crippen LogP contribution in [0.5, 0.6) is 0 Å². The highest BCUT2D eigenvalue weighted by molar-refractivity contribution is 9.10. The lowest BCUT2D eigenvalue weighted by Crippen LogP contribution is -2.20. The minimum atomic E-state index is -3.98. The molecule has 2 aliphatic rings. The molecule has 24 heteroatoms. The van der Waals surface area contributed by atoms with Crippen molar-refractivity contribution < 1.29 is 53.5 Å². The summed E-state index contributed by atoms with van der Waals surface area (Å²) in [6, 6.07) is 6.80. The van der Waals surface area contributed by atoms with E-state index in [9.17, 15) is 39.6 Å². The fourth-order valence-corrected chi connectivity index (χ4v) is 9.61. The summed E-state index contributed by atoms with van der Waals surface area (Å²) in [6.45, 7) is 4.69. The predicted octanol–water partition coefficient (Wildman–Crippen LogP) is 9.25. The van der Waals surface area contributed by atoms with Crippen molar-refractivity contribution in [3.8, 4) is 0 Å². The van der Waals surface area contributed by atoms with Crippen molar-refractivity contribution in [3.63, 3.8) is 0 Å². The summed E-state index contributed by atoms with van der Waals surface area (Å²) < 4.78 is 123. The minimum absolute atomic E-state index is 0.0494. The smallest absolute Gasteiger partial charge is 0.232 e. The second-order valence-corrected chi connectivity index (χ2v) is 20.2. The number of nitrogens with zero attached hydrogens (tertiary/aromatic N) is 5. The lowest BCUT2D eigenvalue weighted by Gasteiger charge is -2.22. The molecule has 0 spiro atoms. The van der Waals surface area contributed by atoms with E-state index in [1.54, 1.807) is 38.4 Å². The molecular weight excluding hydrogens is 1040 g/mol. The number of nitrogens with one attached hydrogen (secondary N) is 3. The molecule has 6 aromatic rings. The number of ether oxygens (including phenoxy) is 2. The van der Waals surface area contributed by atoms with Crippen LogP contribution in [-0.4, -0.2) is 83.1 Å². The van der Waals surface area contributed by atoms with E-state index in [1.165, 1.54) is 23.7 Å². The monoisotopic (exact) mass is 1080 g/mol. The first-order valence-electron chi connectivity index (χ1n) is 20.4. The molecule has 16 nitrogen and oxygen atoms in total. The Hall–Kier alpha value is -5.30. The molecule has 0 amide bonds. The van der Waals surface area contributed by atoms with Crippen molar-refractivity contribution in [1.82, 2.24) is 29.9 Å². The molecule has 0 bridgehead atoms. The summed E-state index contributed by atoms with van der Waals surface area (Å²) in [5, 5.41) is 11.4. The van der Waals surface area contributed by atoms with Crippen LogP contribution in [0.4, 0.5) is 28.9 Å². The van der Waals surface area contributed by atoms with E-state index in [-0.39, 0.29) is 41.4 Å². The summed E-state index contributed by atoms with van der Waals surface area (Å²) >= 11 is 6.54. The second kappa shape index (κ2) is 22.0. The van der Waals surface area contributed by atoms with Crippen LogP contribution < -0.4 is 9.44 Å². The average molecular weight is 1090 g/mol. The second-order valence-electron chi connectivity index (χ2n) is 14.7. The Morgan fingerprint density at radius 2 is 1.39 bits per heavy atom. The molecule has 0 aliphatic carbocycles. The number of anilines is 2. The number of halogens is 6. The average Bonchev–Trinajstić information content (AvgIpc) is 3.89. The molecule has 1 saturated heterocycles. The highest BCUT2D eigenvalue weighted by Gasteiger charge is 2.30. The molecule has 1 fully saturated rings. The molecule has 6 heterocycles. The topological polar surface area (TPSA) is 217 Å². The number of allylic oxidation sites excluding steroid dienone is 1. The molecule has 8 rings (SSSR count). The molecule has 1 atom stereocenters. The van der Waals surface area contributed by atoms with Crippen molar-refractivity contribution >= 4 is 96.9 Å². The van der Waals surface area contributed by atoms with Crippen LogP contribution in [0.1, 0.15) is 97.1 Å². The third-order valence-corrected chi connectivity index (χ3v) is 13.5. The van der Waals surface area contributed by atoms with Crippen molar-refractivity contribution in [2.24, 2.45) is 0 Å². The Morgan fingerprint density at radius 1 is 0.803 bits per heavy atom. The number of hydrogen-bond acceptors (Lipinski definition) is 12. The van der Waals surface area contributed by atoms with Crippen LogP contribution in [0.2, 0.25) is 0 Å². The molecule has 1 unspecified atom stereocenters. The van der Waals surface area contributed by atoms with Crippen LogP contribution in [-0.2, 0) is 29.5 Å². The molecule has 0 saturated carbocycles. The van der Waals surface area contributed by atoms with Gasteiger partial charge in [-0.25, -0.2) is 49.0 Å². The predicted molar refractivity (Wildman–Crippen MR) is 245 cm³/mol. The fourth-order valence-electron chi connectivity index (χ4n) is 6.67. The van der Waals surface area contributed by atoms with Gasteiger partial charge in [-0.15, -0.1) is 0 Å². The van der Waals surface area contributed by atoms with Crippen LogP contribution in [0, 0.1) is 23.3 Å². The van der Waals surface area contributed by atoms with Gasteiger partial charge in [0.25, 0.3) is 0 Å². The van der Waals surface area contributed by atoms with Crippen molar-refractivity contribution in [1.29, 1.82) is 0 Å². The van der Waals surface area contributed by atoms with E-state index in [1.807, 2.05) is 15.5 Å². The number of aromatic amines is 1. The number of pyridine rings is 2. The number of ketones is 2. The quantitative estimate of drug-likeness (QED) is 0.0729. The Labute approximate surface area is 393 Å². The molecule has 0 radical (unpaired) electrons. The summed E-state index contributed by atoms with van der Waals surface area (Å²) in [7, 11) is -7.93. The Bertz CT molecular complexity index is 3010. The van der Waals surface area contributed by atoms with Gasteiger partial charge in [0, 0.05) is 27.9 Å². The molecule has 66 heavy (non-hydrogen) atoms. The van der Waals surface area contributed by atoms with Gasteiger partial charge in [-0.3, -0.25) is 24.1 Å². The lowest BCUT2D eigenvalue weighted by atomic mass is 10.0. The number of rotatable bonds is 13. The summed E-state index contributed by atoms with van der Waals surface area (Å²) in [4.78, 5) is 34.5. The van der Waals surface area contributed by atoms with E-state index in [0.29, 0.717) is 38.4 Å². The number of carbonyl (C=O) groups is 2. The SMILES string of the molecule is C1=COCCC1.CCCS(=O)(=O)Nc1c(F)ccc(C(=O)c2[nH]nc3ncc(Br)cc23)c1F.CCCS(=O)(=O)Nc1c(F)ccc(C(=O)c2nn(C3CCCCO3)c3ncc(Br)cc23)c1F. The first-order valence-corrected chi connectivity index (χ1v) is 25.3. The third-order valence-electron chi connectivity index (χ3n) is 9.72. The van der Waals surface area contributed by atoms with Gasteiger partial charge >= 0.3 is 0 Å². The maximum Gasteiger partial charge on any atom is 0.232 e. The normalized spacial score (nSPS) is 15.0. The third kappa shape index (κ3) is 12.0. The molecule has 352 valence electrons. The van der Waals surface area contributed by atoms with Crippen LogP contribution in [0.3, 0.4) is 0 Å². The number of benzene rings is 2. The Balaban J connectivity index is 0.000000196. The fraction of sp³-hybridized carbons (Fsp3) is 0.333.